The highest BCUT2D eigenvalue weighted by Crippen LogP contribution is 2.29. The number of halogens is 2. The van der Waals surface area contributed by atoms with Gasteiger partial charge in [0.1, 0.15) is 11.6 Å². The highest BCUT2D eigenvalue weighted by molar-refractivity contribution is 7.10. The number of nitrogens with zero attached hydrogens (tertiary/aromatic N) is 2. The van der Waals surface area contributed by atoms with Gasteiger partial charge in [-0.15, -0.1) is 22.9 Å². The van der Waals surface area contributed by atoms with Crippen molar-refractivity contribution in [2.45, 2.75) is 18.8 Å². The fourth-order valence-electron chi connectivity index (χ4n) is 2.29. The molecule has 0 aromatic carbocycles. The summed E-state index contributed by atoms with van der Waals surface area (Å²) in [6.45, 7) is 1.75. The molecule has 0 aliphatic carbocycles. The molecule has 3 heterocycles. The molecule has 0 radical (unpaired) electrons. The second-order valence-electron chi connectivity index (χ2n) is 4.31. The number of hydrogen-bond donors (Lipinski definition) is 0. The first-order valence-corrected chi connectivity index (χ1v) is 7.20. The second kappa shape index (κ2) is 4.86. The first-order chi connectivity index (χ1) is 8.78. The number of anilines is 1. The van der Waals surface area contributed by atoms with Crippen LogP contribution in [0.5, 0.6) is 0 Å². The number of pyridine rings is 1. The Morgan fingerprint density at radius 3 is 3.22 bits per heavy atom. The molecule has 18 heavy (non-hydrogen) atoms. The van der Waals surface area contributed by atoms with Crippen LogP contribution in [-0.2, 0) is 18.8 Å². The summed E-state index contributed by atoms with van der Waals surface area (Å²) in [5, 5.41) is 2.12. The van der Waals surface area contributed by atoms with E-state index in [2.05, 4.69) is 21.3 Å². The Bertz CT molecular complexity index is 570. The topological polar surface area (TPSA) is 16.1 Å². The molecule has 0 atom stereocenters. The van der Waals surface area contributed by atoms with E-state index in [4.69, 9.17) is 11.6 Å². The molecule has 1 aliphatic rings. The van der Waals surface area contributed by atoms with Gasteiger partial charge in [0.05, 0.1) is 12.1 Å². The lowest BCUT2D eigenvalue weighted by atomic mass is 10.1. The Hall–Kier alpha value is -1.13. The van der Waals surface area contributed by atoms with Gasteiger partial charge in [-0.3, -0.25) is 0 Å². The van der Waals surface area contributed by atoms with Crippen LogP contribution in [0.1, 0.15) is 16.0 Å². The lowest BCUT2D eigenvalue weighted by Crippen LogP contribution is -2.30. The summed E-state index contributed by atoms with van der Waals surface area (Å²) in [7, 11) is 0. The van der Waals surface area contributed by atoms with Gasteiger partial charge < -0.3 is 4.90 Å². The summed E-state index contributed by atoms with van der Waals surface area (Å²) in [5.41, 5.74) is 2.10. The van der Waals surface area contributed by atoms with Crippen molar-refractivity contribution in [1.82, 2.24) is 4.98 Å². The van der Waals surface area contributed by atoms with E-state index in [0.29, 0.717) is 0 Å². The molecule has 2 aromatic rings. The quantitative estimate of drug-likeness (QED) is 0.783. The van der Waals surface area contributed by atoms with Crippen molar-refractivity contribution in [3.8, 4) is 0 Å². The van der Waals surface area contributed by atoms with Crippen molar-refractivity contribution in [3.05, 3.63) is 45.5 Å². The predicted octanol–water partition coefficient (Wildman–Crippen LogP) is 3.58. The first-order valence-electron chi connectivity index (χ1n) is 5.78. The van der Waals surface area contributed by atoms with Gasteiger partial charge in [-0.2, -0.15) is 0 Å². The second-order valence-corrected chi connectivity index (χ2v) is 5.58. The molecule has 5 heteroatoms. The van der Waals surface area contributed by atoms with Crippen LogP contribution in [0.15, 0.2) is 23.7 Å². The summed E-state index contributed by atoms with van der Waals surface area (Å²) in [6, 6.07) is 3.62. The van der Waals surface area contributed by atoms with Gasteiger partial charge in [-0.25, -0.2) is 9.37 Å². The summed E-state index contributed by atoms with van der Waals surface area (Å²) < 4.78 is 13.2. The molecule has 0 unspecified atom stereocenters. The average Bonchev–Trinajstić information content (AvgIpc) is 2.85. The summed E-state index contributed by atoms with van der Waals surface area (Å²) in [5.74, 6) is 0.762. The normalized spacial score (nSPS) is 14.7. The Morgan fingerprint density at radius 1 is 1.50 bits per heavy atom. The molecule has 0 N–H and O–H groups in total. The van der Waals surface area contributed by atoms with Gasteiger partial charge >= 0.3 is 0 Å². The zero-order valence-electron chi connectivity index (χ0n) is 9.70. The molecule has 0 saturated heterocycles. The largest absolute Gasteiger partial charge is 0.352 e. The van der Waals surface area contributed by atoms with Crippen molar-refractivity contribution in [2.24, 2.45) is 0 Å². The fraction of sp³-hybridized carbons (Fsp3) is 0.308. The van der Waals surface area contributed by atoms with E-state index < -0.39 is 0 Å². The monoisotopic (exact) mass is 282 g/mol. The molecule has 2 nitrogen and oxygen atoms in total. The minimum Gasteiger partial charge on any atom is -0.352 e. The van der Waals surface area contributed by atoms with Crippen LogP contribution in [0, 0.1) is 5.82 Å². The predicted molar refractivity (Wildman–Crippen MR) is 72.8 cm³/mol. The van der Waals surface area contributed by atoms with Crippen molar-refractivity contribution in [3.63, 3.8) is 0 Å². The number of rotatable bonds is 2. The molecule has 3 rings (SSSR count). The van der Waals surface area contributed by atoms with Gasteiger partial charge in [0.15, 0.2) is 0 Å². The average molecular weight is 283 g/mol. The Labute approximate surface area is 114 Å². The number of aromatic nitrogens is 1. The number of alkyl halides is 1. The molecule has 1 aliphatic heterocycles. The zero-order valence-corrected chi connectivity index (χ0v) is 11.3. The summed E-state index contributed by atoms with van der Waals surface area (Å²) >= 11 is 7.67. The zero-order chi connectivity index (χ0) is 12.5. The van der Waals surface area contributed by atoms with Gasteiger partial charge in [0, 0.05) is 23.5 Å². The van der Waals surface area contributed by atoms with Crippen LogP contribution in [0.3, 0.4) is 0 Å². The van der Waals surface area contributed by atoms with Gasteiger partial charge in [-0.1, -0.05) is 0 Å². The van der Waals surface area contributed by atoms with Crippen LogP contribution in [-0.4, -0.2) is 11.5 Å². The highest BCUT2D eigenvalue weighted by atomic mass is 35.5. The van der Waals surface area contributed by atoms with Gasteiger partial charge in [-0.05, 0) is 29.5 Å². The van der Waals surface area contributed by atoms with Crippen LogP contribution < -0.4 is 4.90 Å². The summed E-state index contributed by atoms with van der Waals surface area (Å²) in [4.78, 5) is 7.82. The van der Waals surface area contributed by atoms with Crippen molar-refractivity contribution in [1.29, 1.82) is 0 Å². The third kappa shape index (κ3) is 2.10. The third-order valence-electron chi connectivity index (χ3n) is 3.16. The van der Waals surface area contributed by atoms with Crippen molar-refractivity contribution >= 4 is 28.8 Å². The highest BCUT2D eigenvalue weighted by Gasteiger charge is 2.20. The number of hydrogen-bond acceptors (Lipinski definition) is 3. The van der Waals surface area contributed by atoms with Gasteiger partial charge in [0.2, 0.25) is 0 Å². The fourth-order valence-corrected chi connectivity index (χ4v) is 3.37. The lowest BCUT2D eigenvalue weighted by molar-refractivity contribution is 0.617. The standard InChI is InChI=1S/C13H12ClFN2S/c14-6-10-5-11(15)7-16-13(10)17-3-1-12-9(8-17)2-4-18-12/h2,4-5,7H,1,3,6,8H2. The molecule has 0 spiro atoms. The van der Waals surface area contributed by atoms with E-state index in [9.17, 15) is 4.39 Å². The van der Waals surface area contributed by atoms with Crippen LogP contribution >= 0.6 is 22.9 Å². The third-order valence-corrected chi connectivity index (χ3v) is 4.47. The van der Waals surface area contributed by atoms with Crippen molar-refractivity contribution in [2.75, 3.05) is 11.4 Å². The van der Waals surface area contributed by atoms with E-state index in [1.54, 1.807) is 11.3 Å². The molecule has 0 saturated carbocycles. The molecule has 0 amide bonds. The van der Waals surface area contributed by atoms with Crippen molar-refractivity contribution < 1.29 is 4.39 Å². The molecule has 0 fully saturated rings. The summed E-state index contributed by atoms with van der Waals surface area (Å²) in [6.07, 6.45) is 2.28. The minimum atomic E-state index is -0.331. The molecular weight excluding hydrogens is 271 g/mol. The van der Waals surface area contributed by atoms with E-state index in [1.807, 2.05) is 0 Å². The van der Waals surface area contributed by atoms with E-state index in [0.717, 1.165) is 30.9 Å². The molecule has 2 aromatic heterocycles. The number of fused-ring (bicyclic) bond motifs is 1. The van der Waals surface area contributed by atoms with Crippen LogP contribution in [0.25, 0.3) is 0 Å². The lowest BCUT2D eigenvalue weighted by Gasteiger charge is -2.29. The SMILES string of the molecule is Fc1cnc(N2CCc3sccc3C2)c(CCl)c1. The van der Waals surface area contributed by atoms with E-state index >= 15 is 0 Å². The minimum absolute atomic E-state index is 0.285. The van der Waals surface area contributed by atoms with Gasteiger partial charge in [0.25, 0.3) is 0 Å². The van der Waals surface area contributed by atoms with E-state index in [-0.39, 0.29) is 11.7 Å². The smallest absolute Gasteiger partial charge is 0.141 e. The van der Waals surface area contributed by atoms with Crippen LogP contribution in [0.2, 0.25) is 0 Å². The van der Waals surface area contributed by atoms with Crippen LogP contribution in [0.4, 0.5) is 10.2 Å². The molecule has 0 bridgehead atoms. The Kier molecular flexibility index (Phi) is 3.22. The number of thiophene rings is 1. The Morgan fingerprint density at radius 2 is 2.39 bits per heavy atom. The maximum atomic E-state index is 13.2. The molecule has 94 valence electrons. The Balaban J connectivity index is 1.93. The maximum absolute atomic E-state index is 13.2. The van der Waals surface area contributed by atoms with E-state index in [1.165, 1.54) is 22.7 Å². The molecular formula is C13H12ClFN2S. The maximum Gasteiger partial charge on any atom is 0.141 e. The first kappa shape index (κ1) is 11.9.